The molecule has 9 heteroatoms. The van der Waals surface area contributed by atoms with Crippen LogP contribution in [0.15, 0.2) is 65.2 Å². The highest BCUT2D eigenvalue weighted by atomic mass is 35.5. The molecule has 1 amide bonds. The number of fused-ring (bicyclic) bond motifs is 3. The normalized spacial score (nSPS) is 15.4. The van der Waals surface area contributed by atoms with Crippen molar-refractivity contribution in [1.29, 1.82) is 0 Å². The first-order valence-electron chi connectivity index (χ1n) is 12.6. The smallest absolute Gasteiger partial charge is 0.412 e. The first-order valence-corrected chi connectivity index (χ1v) is 13.0. The Morgan fingerprint density at radius 1 is 1.10 bits per heavy atom. The average Bonchev–Trinajstić information content (AvgIpc) is 3.67. The third kappa shape index (κ3) is 4.40. The number of rotatable bonds is 6. The Kier molecular flexibility index (Phi) is 6.07. The Morgan fingerprint density at radius 2 is 1.87 bits per heavy atom. The van der Waals surface area contributed by atoms with E-state index in [9.17, 15) is 14.7 Å². The number of anilines is 1. The van der Waals surface area contributed by atoms with Gasteiger partial charge < -0.3 is 19.1 Å². The third-order valence-corrected chi connectivity index (χ3v) is 7.80. The van der Waals surface area contributed by atoms with Crippen LogP contribution in [0.4, 0.5) is 10.5 Å². The SMILES string of the molecule is Cc1noc(-c2ccc3c(c2)OCc2cc(C4(C(=O)O)CC4)ccc2-3)c1NC(=O)OC(C)c1ccccc1Cl. The van der Waals surface area contributed by atoms with Gasteiger partial charge in [-0.3, -0.25) is 10.1 Å². The number of carbonyl (C=O) groups is 2. The molecule has 1 fully saturated rings. The fourth-order valence-corrected chi connectivity index (χ4v) is 5.35. The molecule has 3 aromatic carbocycles. The molecule has 2 aliphatic rings. The minimum atomic E-state index is -0.779. The molecule has 1 aromatic heterocycles. The lowest BCUT2D eigenvalue weighted by molar-refractivity contribution is -0.140. The van der Waals surface area contributed by atoms with E-state index in [0.29, 0.717) is 58.5 Å². The minimum absolute atomic E-state index is 0.322. The molecule has 6 rings (SSSR count). The topological polar surface area (TPSA) is 111 Å². The van der Waals surface area contributed by atoms with Gasteiger partial charge in [0.25, 0.3) is 0 Å². The summed E-state index contributed by atoms with van der Waals surface area (Å²) in [5, 5.41) is 17.0. The van der Waals surface area contributed by atoms with Crippen LogP contribution in [-0.4, -0.2) is 22.3 Å². The number of carboxylic acid groups (broad SMARTS) is 1. The molecule has 4 aromatic rings. The summed E-state index contributed by atoms with van der Waals surface area (Å²) in [5.41, 5.74) is 5.17. The van der Waals surface area contributed by atoms with E-state index in [1.54, 1.807) is 26.0 Å². The van der Waals surface area contributed by atoms with E-state index in [4.69, 9.17) is 25.6 Å². The maximum absolute atomic E-state index is 12.7. The van der Waals surface area contributed by atoms with Gasteiger partial charge in [0, 0.05) is 21.7 Å². The van der Waals surface area contributed by atoms with Crippen molar-refractivity contribution in [1.82, 2.24) is 5.16 Å². The lowest BCUT2D eigenvalue weighted by Gasteiger charge is -2.23. The molecule has 2 heterocycles. The van der Waals surface area contributed by atoms with Gasteiger partial charge in [-0.1, -0.05) is 59.2 Å². The highest BCUT2D eigenvalue weighted by Crippen LogP contribution is 2.50. The van der Waals surface area contributed by atoms with Gasteiger partial charge in [-0.15, -0.1) is 0 Å². The second-order valence-electron chi connectivity index (χ2n) is 9.92. The van der Waals surface area contributed by atoms with E-state index in [-0.39, 0.29) is 0 Å². The number of hydrogen-bond donors (Lipinski definition) is 2. The summed E-state index contributed by atoms with van der Waals surface area (Å²) in [6.45, 7) is 3.80. The Balaban J connectivity index is 1.24. The molecule has 1 saturated carbocycles. The Labute approximate surface area is 229 Å². The average molecular weight is 545 g/mol. The van der Waals surface area contributed by atoms with E-state index in [1.165, 1.54) is 0 Å². The predicted octanol–water partition coefficient (Wildman–Crippen LogP) is 7.29. The summed E-state index contributed by atoms with van der Waals surface area (Å²) in [6, 6.07) is 18.6. The first kappa shape index (κ1) is 25.0. The zero-order valence-electron chi connectivity index (χ0n) is 21.3. The molecule has 0 saturated heterocycles. The van der Waals surface area contributed by atoms with Crippen LogP contribution in [0.1, 0.15) is 48.3 Å². The van der Waals surface area contributed by atoms with Gasteiger partial charge in [-0.05, 0) is 61.6 Å². The van der Waals surface area contributed by atoms with Gasteiger partial charge in [0.2, 0.25) is 0 Å². The van der Waals surface area contributed by atoms with Crippen molar-refractivity contribution in [2.45, 2.75) is 44.8 Å². The maximum atomic E-state index is 12.7. The molecular weight excluding hydrogens is 520 g/mol. The van der Waals surface area contributed by atoms with Crippen LogP contribution in [0.5, 0.6) is 5.75 Å². The van der Waals surface area contributed by atoms with Crippen LogP contribution in [0.2, 0.25) is 5.02 Å². The molecule has 0 bridgehead atoms. The van der Waals surface area contributed by atoms with Crippen molar-refractivity contribution in [2.24, 2.45) is 0 Å². The zero-order valence-corrected chi connectivity index (χ0v) is 22.0. The quantitative estimate of drug-likeness (QED) is 0.262. The molecule has 198 valence electrons. The van der Waals surface area contributed by atoms with Crippen LogP contribution < -0.4 is 10.1 Å². The van der Waals surface area contributed by atoms with Gasteiger partial charge in [-0.25, -0.2) is 4.79 Å². The van der Waals surface area contributed by atoms with Gasteiger partial charge in [0.15, 0.2) is 5.76 Å². The maximum Gasteiger partial charge on any atom is 0.412 e. The van der Waals surface area contributed by atoms with Crippen molar-refractivity contribution < 1.29 is 28.7 Å². The highest BCUT2D eigenvalue weighted by molar-refractivity contribution is 6.31. The summed E-state index contributed by atoms with van der Waals surface area (Å²) in [4.78, 5) is 24.5. The largest absolute Gasteiger partial charge is 0.488 e. The van der Waals surface area contributed by atoms with Crippen LogP contribution in [0, 0.1) is 6.92 Å². The second kappa shape index (κ2) is 9.47. The number of carboxylic acids is 1. The number of halogens is 1. The summed E-state index contributed by atoms with van der Waals surface area (Å²) in [6.07, 6.45) is 0.0805. The van der Waals surface area contributed by atoms with E-state index < -0.39 is 23.6 Å². The van der Waals surface area contributed by atoms with Crippen molar-refractivity contribution in [3.8, 4) is 28.2 Å². The van der Waals surface area contributed by atoms with Crippen molar-refractivity contribution in [3.63, 3.8) is 0 Å². The van der Waals surface area contributed by atoms with Gasteiger partial charge >= 0.3 is 12.1 Å². The van der Waals surface area contributed by atoms with Crippen molar-refractivity contribution in [2.75, 3.05) is 5.32 Å². The zero-order chi connectivity index (χ0) is 27.3. The van der Waals surface area contributed by atoms with Crippen molar-refractivity contribution >= 4 is 29.4 Å². The summed E-state index contributed by atoms with van der Waals surface area (Å²) in [5.74, 6) is 0.250. The number of nitrogens with zero attached hydrogens (tertiary/aromatic N) is 1. The van der Waals surface area contributed by atoms with Gasteiger partial charge in [0.1, 0.15) is 29.8 Å². The van der Waals surface area contributed by atoms with Gasteiger partial charge in [0.05, 0.1) is 5.41 Å². The van der Waals surface area contributed by atoms with Crippen molar-refractivity contribution in [3.05, 3.63) is 88.1 Å². The third-order valence-electron chi connectivity index (χ3n) is 7.45. The number of aryl methyl sites for hydroxylation is 1. The monoisotopic (exact) mass is 544 g/mol. The van der Waals surface area contributed by atoms with Crippen LogP contribution >= 0.6 is 11.6 Å². The Morgan fingerprint density at radius 3 is 2.62 bits per heavy atom. The number of aromatic nitrogens is 1. The number of hydrogen-bond acceptors (Lipinski definition) is 6. The van der Waals surface area contributed by atoms with E-state index in [0.717, 1.165) is 22.3 Å². The molecule has 8 nitrogen and oxygen atoms in total. The second-order valence-corrected chi connectivity index (χ2v) is 10.3. The summed E-state index contributed by atoms with van der Waals surface area (Å²) in [7, 11) is 0. The van der Waals surface area contributed by atoms with E-state index >= 15 is 0 Å². The number of nitrogens with one attached hydrogen (secondary N) is 1. The molecule has 1 aliphatic carbocycles. The van der Waals surface area contributed by atoms with Gasteiger partial charge in [-0.2, -0.15) is 0 Å². The minimum Gasteiger partial charge on any atom is -0.488 e. The molecule has 39 heavy (non-hydrogen) atoms. The van der Waals surface area contributed by atoms with Crippen LogP contribution in [0.3, 0.4) is 0 Å². The number of ether oxygens (including phenoxy) is 2. The lowest BCUT2D eigenvalue weighted by atomic mass is 9.89. The highest BCUT2D eigenvalue weighted by Gasteiger charge is 2.51. The Hall–Kier alpha value is -4.30. The molecule has 1 unspecified atom stereocenters. The molecule has 1 aliphatic heterocycles. The molecule has 2 N–H and O–H groups in total. The molecule has 0 radical (unpaired) electrons. The van der Waals surface area contributed by atoms with E-state index in [2.05, 4.69) is 10.5 Å². The number of benzene rings is 3. The number of aliphatic carboxylic acids is 1. The lowest BCUT2D eigenvalue weighted by Crippen LogP contribution is -2.20. The first-order chi connectivity index (χ1) is 18.8. The molecule has 0 spiro atoms. The molecular formula is C30H25ClN2O6. The summed E-state index contributed by atoms with van der Waals surface area (Å²) >= 11 is 6.24. The fourth-order valence-electron chi connectivity index (χ4n) is 5.06. The predicted molar refractivity (Wildman–Crippen MR) is 145 cm³/mol. The Bertz CT molecular complexity index is 1620. The van der Waals surface area contributed by atoms with E-state index in [1.807, 2.05) is 48.5 Å². The standard InChI is InChI=1S/C30H25ClN2O6/c1-16-26(32-29(36)38-17(2)21-5-3-4-6-24(21)31)27(39-33-16)18-7-9-23-22-10-8-20(30(11-12-30)28(34)35)13-19(22)15-37-25(23)14-18/h3-10,13-14,17H,11-12,15H2,1-2H3,(H,32,36)(H,34,35). The fraction of sp³-hybridized carbons (Fsp3) is 0.233. The molecule has 1 atom stereocenters. The van der Waals surface area contributed by atoms with Crippen LogP contribution in [-0.2, 0) is 21.6 Å². The number of amides is 1. The summed E-state index contributed by atoms with van der Waals surface area (Å²) < 4.78 is 17.2. The number of carbonyl (C=O) groups excluding carboxylic acids is 1. The van der Waals surface area contributed by atoms with Crippen LogP contribution in [0.25, 0.3) is 22.5 Å².